The molecule has 0 radical (unpaired) electrons. The number of rotatable bonds is 3. The molecule has 1 aromatic rings. The summed E-state index contributed by atoms with van der Waals surface area (Å²) in [5.74, 6) is -1.12. The number of carbonyl (C=O) groups is 1. The monoisotopic (exact) mass is 213 g/mol. The molecule has 0 saturated carbocycles. The first-order chi connectivity index (χ1) is 6.65. The van der Waals surface area contributed by atoms with Crippen LogP contribution in [0.25, 0.3) is 6.08 Å². The molecule has 0 amide bonds. The fourth-order valence-corrected chi connectivity index (χ4v) is 1.08. The van der Waals surface area contributed by atoms with Crippen molar-refractivity contribution in [2.24, 2.45) is 0 Å². The van der Waals surface area contributed by atoms with E-state index in [-0.39, 0.29) is 17.3 Å². The van der Waals surface area contributed by atoms with Gasteiger partial charge in [-0.1, -0.05) is 23.8 Å². The van der Waals surface area contributed by atoms with Crippen molar-refractivity contribution in [3.8, 4) is 0 Å². The number of halogens is 1. The maximum absolute atomic E-state index is 10.6. The molecule has 0 aliphatic carbocycles. The van der Waals surface area contributed by atoms with Gasteiger partial charge in [0.25, 0.3) is 0 Å². The number of aliphatic hydroxyl groups excluding tert-OH is 1. The molecule has 14 heavy (non-hydrogen) atoms. The summed E-state index contributed by atoms with van der Waals surface area (Å²) in [6.45, 7) is -0.106. The van der Waals surface area contributed by atoms with Crippen LogP contribution < -0.4 is 0 Å². The minimum absolute atomic E-state index is 0.0429. The summed E-state index contributed by atoms with van der Waals surface area (Å²) < 4.78 is 0. The average Bonchev–Trinajstić information content (AvgIpc) is 2.16. The molecule has 0 bridgehead atoms. The summed E-state index contributed by atoms with van der Waals surface area (Å²) in [6.07, 6.45) is 4.48. The number of carboxylic acid groups (broad SMARTS) is 1. The van der Waals surface area contributed by atoms with Gasteiger partial charge < -0.3 is 10.2 Å². The summed E-state index contributed by atoms with van der Waals surface area (Å²) in [7, 11) is 0. The molecule has 5 heteroatoms. The Balaban J connectivity index is 3.06. The van der Waals surface area contributed by atoms with Crippen LogP contribution in [0.5, 0.6) is 0 Å². The molecule has 0 aliphatic heterocycles. The lowest BCUT2D eigenvalue weighted by molar-refractivity contribution is 0.0696. The maximum atomic E-state index is 10.6. The number of aliphatic hydroxyl groups is 1. The van der Waals surface area contributed by atoms with Crippen molar-refractivity contribution in [3.05, 3.63) is 34.6 Å². The molecule has 0 saturated heterocycles. The number of hydrogen-bond acceptors (Lipinski definition) is 3. The first-order valence-electron chi connectivity index (χ1n) is 3.81. The van der Waals surface area contributed by atoms with Crippen molar-refractivity contribution in [1.29, 1.82) is 0 Å². The first-order valence-corrected chi connectivity index (χ1v) is 4.19. The van der Waals surface area contributed by atoms with Gasteiger partial charge in [0.15, 0.2) is 0 Å². The van der Waals surface area contributed by atoms with Crippen LogP contribution in [0.3, 0.4) is 0 Å². The van der Waals surface area contributed by atoms with Crippen molar-refractivity contribution in [2.75, 3.05) is 6.61 Å². The number of pyridine rings is 1. The molecule has 2 N–H and O–H groups in total. The van der Waals surface area contributed by atoms with Gasteiger partial charge in [0.1, 0.15) is 5.15 Å². The smallest absolute Gasteiger partial charge is 0.338 e. The van der Waals surface area contributed by atoms with Crippen LogP contribution in [-0.4, -0.2) is 27.8 Å². The van der Waals surface area contributed by atoms with Crippen LogP contribution in [0.2, 0.25) is 5.15 Å². The second-order valence-corrected chi connectivity index (χ2v) is 2.86. The van der Waals surface area contributed by atoms with Crippen molar-refractivity contribution in [1.82, 2.24) is 4.98 Å². The Kier molecular flexibility index (Phi) is 3.62. The van der Waals surface area contributed by atoms with Crippen molar-refractivity contribution in [3.63, 3.8) is 0 Å². The summed E-state index contributed by atoms with van der Waals surface area (Å²) in [5.41, 5.74) is 0.535. The lowest BCUT2D eigenvalue weighted by atomic mass is 10.2. The molecular weight excluding hydrogens is 206 g/mol. The largest absolute Gasteiger partial charge is 0.478 e. The topological polar surface area (TPSA) is 70.4 Å². The fraction of sp³-hybridized carbons (Fsp3) is 0.111. The van der Waals surface area contributed by atoms with Gasteiger partial charge in [-0.15, -0.1) is 0 Å². The van der Waals surface area contributed by atoms with Gasteiger partial charge in [0.2, 0.25) is 0 Å². The zero-order valence-corrected chi connectivity index (χ0v) is 7.90. The highest BCUT2D eigenvalue weighted by Gasteiger charge is 2.09. The van der Waals surface area contributed by atoms with E-state index in [9.17, 15) is 4.79 Å². The third-order valence-corrected chi connectivity index (χ3v) is 1.81. The highest BCUT2D eigenvalue weighted by atomic mass is 35.5. The lowest BCUT2D eigenvalue weighted by Gasteiger charge is -1.98. The number of hydrogen-bond donors (Lipinski definition) is 2. The van der Waals surface area contributed by atoms with E-state index in [0.29, 0.717) is 5.56 Å². The highest BCUT2D eigenvalue weighted by Crippen LogP contribution is 2.14. The van der Waals surface area contributed by atoms with Gasteiger partial charge in [-0.25, -0.2) is 9.78 Å². The molecule has 1 rings (SSSR count). The van der Waals surface area contributed by atoms with E-state index in [1.807, 2.05) is 0 Å². The molecule has 1 heterocycles. The molecular formula is C9H8ClNO3. The van der Waals surface area contributed by atoms with Crippen molar-refractivity contribution in [2.45, 2.75) is 0 Å². The normalized spacial score (nSPS) is 10.7. The standard InChI is InChI=1S/C9H8ClNO3/c10-8-7(9(13)14)4-6(5-11-8)2-1-3-12/h1-2,4-5,12H,3H2,(H,13,14). The van der Waals surface area contributed by atoms with E-state index >= 15 is 0 Å². The molecule has 1 aromatic heterocycles. The van der Waals surface area contributed by atoms with E-state index in [1.165, 1.54) is 18.3 Å². The molecule has 0 aliphatic rings. The van der Waals surface area contributed by atoms with E-state index in [2.05, 4.69) is 4.98 Å². The Hall–Kier alpha value is -1.39. The van der Waals surface area contributed by atoms with Gasteiger partial charge in [-0.3, -0.25) is 0 Å². The molecule has 0 unspecified atom stereocenters. The van der Waals surface area contributed by atoms with Crippen LogP contribution in [0.1, 0.15) is 15.9 Å². The van der Waals surface area contributed by atoms with Gasteiger partial charge in [0.05, 0.1) is 12.2 Å². The van der Waals surface area contributed by atoms with Gasteiger partial charge in [-0.05, 0) is 11.6 Å². The van der Waals surface area contributed by atoms with Crippen LogP contribution in [0.15, 0.2) is 18.3 Å². The quantitative estimate of drug-likeness (QED) is 0.746. The third kappa shape index (κ3) is 2.55. The summed E-state index contributed by atoms with van der Waals surface area (Å²) >= 11 is 5.56. The van der Waals surface area contributed by atoms with Gasteiger partial charge in [0, 0.05) is 6.20 Å². The second kappa shape index (κ2) is 4.74. The van der Waals surface area contributed by atoms with Crippen LogP contribution in [0.4, 0.5) is 0 Å². The van der Waals surface area contributed by atoms with Crippen molar-refractivity contribution < 1.29 is 15.0 Å². The number of nitrogens with zero attached hydrogens (tertiary/aromatic N) is 1. The van der Waals surface area contributed by atoms with Crippen LogP contribution in [-0.2, 0) is 0 Å². The second-order valence-electron chi connectivity index (χ2n) is 2.50. The predicted molar refractivity (Wildman–Crippen MR) is 52.3 cm³/mol. The SMILES string of the molecule is O=C(O)c1cc(C=CCO)cnc1Cl. The third-order valence-electron chi connectivity index (χ3n) is 1.51. The predicted octanol–water partition coefficient (Wildman–Crippen LogP) is 1.44. The Morgan fingerprint density at radius 3 is 2.93 bits per heavy atom. The zero-order valence-electron chi connectivity index (χ0n) is 7.14. The lowest BCUT2D eigenvalue weighted by Crippen LogP contribution is -1.99. The number of aromatic carboxylic acids is 1. The minimum Gasteiger partial charge on any atom is -0.478 e. The van der Waals surface area contributed by atoms with Gasteiger partial charge >= 0.3 is 5.97 Å². The van der Waals surface area contributed by atoms with E-state index in [1.54, 1.807) is 6.08 Å². The summed E-state index contributed by atoms with van der Waals surface area (Å²) in [6, 6.07) is 1.39. The Bertz CT molecular complexity index is 376. The highest BCUT2D eigenvalue weighted by molar-refractivity contribution is 6.32. The molecule has 74 valence electrons. The summed E-state index contributed by atoms with van der Waals surface area (Å²) in [4.78, 5) is 14.4. The van der Waals surface area contributed by atoms with E-state index in [4.69, 9.17) is 21.8 Å². The van der Waals surface area contributed by atoms with Crippen LogP contribution in [0, 0.1) is 0 Å². The maximum Gasteiger partial charge on any atom is 0.338 e. The Morgan fingerprint density at radius 1 is 1.64 bits per heavy atom. The fourth-order valence-electron chi connectivity index (χ4n) is 0.894. The van der Waals surface area contributed by atoms with Crippen molar-refractivity contribution >= 4 is 23.6 Å². The molecule has 0 aromatic carbocycles. The zero-order chi connectivity index (χ0) is 10.6. The summed E-state index contributed by atoms with van der Waals surface area (Å²) in [5, 5.41) is 17.2. The van der Waals surface area contributed by atoms with Gasteiger partial charge in [-0.2, -0.15) is 0 Å². The first kappa shape index (κ1) is 10.7. The number of aromatic nitrogens is 1. The minimum atomic E-state index is -1.12. The van der Waals surface area contributed by atoms with E-state index < -0.39 is 5.97 Å². The Labute approximate surface area is 85.5 Å². The molecule has 0 spiro atoms. The molecule has 0 atom stereocenters. The Morgan fingerprint density at radius 2 is 2.36 bits per heavy atom. The van der Waals surface area contributed by atoms with E-state index in [0.717, 1.165) is 0 Å². The van der Waals surface area contributed by atoms with Crippen LogP contribution >= 0.6 is 11.6 Å². The number of carboxylic acids is 1. The molecule has 0 fully saturated rings. The molecule has 4 nitrogen and oxygen atoms in total. The average molecular weight is 214 g/mol.